The molecular weight excluding hydrogens is 262 g/mol. The molecule has 1 heterocycles. The summed E-state index contributed by atoms with van der Waals surface area (Å²) in [5, 5.41) is 3.44. The molecule has 1 aromatic rings. The van der Waals surface area contributed by atoms with Crippen LogP contribution in [0.4, 0.5) is 5.82 Å². The van der Waals surface area contributed by atoms with Crippen molar-refractivity contribution in [1.29, 1.82) is 0 Å². The number of aromatic nitrogens is 2. The van der Waals surface area contributed by atoms with Crippen LogP contribution in [0.25, 0.3) is 0 Å². The molecule has 0 unspecified atom stereocenters. The van der Waals surface area contributed by atoms with E-state index >= 15 is 0 Å². The summed E-state index contributed by atoms with van der Waals surface area (Å²) in [7, 11) is 1.83. The Hall–Kier alpha value is -1.16. The molecular formula is C17H27N3O. The average Bonchev–Trinajstić information content (AvgIpc) is 2.84. The Balaban J connectivity index is 2.01. The number of aryl methyl sites for hydroxylation is 1. The second kappa shape index (κ2) is 6.30. The van der Waals surface area contributed by atoms with Crippen LogP contribution in [0.3, 0.4) is 0 Å². The van der Waals surface area contributed by atoms with Crippen LogP contribution in [0.5, 0.6) is 0 Å². The summed E-state index contributed by atoms with van der Waals surface area (Å²) in [6.07, 6.45) is 10.5. The number of anilines is 1. The Bertz CT molecular complexity index is 493. The van der Waals surface area contributed by atoms with Crippen molar-refractivity contribution in [3.63, 3.8) is 0 Å². The highest BCUT2D eigenvalue weighted by Crippen LogP contribution is 2.39. The topological polar surface area (TPSA) is 47.0 Å². The molecule has 0 spiro atoms. The zero-order chi connectivity index (χ0) is 14.7. The molecule has 4 heteroatoms. The number of hydrogen-bond donors (Lipinski definition) is 1. The number of rotatable bonds is 4. The van der Waals surface area contributed by atoms with Crippen molar-refractivity contribution in [3.8, 4) is 0 Å². The summed E-state index contributed by atoms with van der Waals surface area (Å²) in [6.45, 7) is 3.03. The minimum Gasteiger partial charge on any atom is -0.370 e. The number of hydrogen-bond acceptors (Lipinski definition) is 4. The summed E-state index contributed by atoms with van der Waals surface area (Å²) < 4.78 is 5.98. The van der Waals surface area contributed by atoms with Crippen LogP contribution in [0, 0.1) is 0 Å². The Morgan fingerprint density at radius 2 is 1.81 bits per heavy atom. The third-order valence-corrected chi connectivity index (χ3v) is 4.99. The second-order valence-electron chi connectivity index (χ2n) is 6.32. The lowest BCUT2D eigenvalue weighted by Gasteiger charge is -2.30. The van der Waals surface area contributed by atoms with Gasteiger partial charge in [-0.05, 0) is 39.0 Å². The van der Waals surface area contributed by atoms with Gasteiger partial charge < -0.3 is 10.1 Å². The molecule has 0 aliphatic heterocycles. The molecule has 0 radical (unpaired) electrons. The smallest absolute Gasteiger partial charge is 0.162 e. The summed E-state index contributed by atoms with van der Waals surface area (Å²) in [6, 6.07) is 0. The molecule has 4 nitrogen and oxygen atoms in total. The van der Waals surface area contributed by atoms with Gasteiger partial charge >= 0.3 is 0 Å². The summed E-state index contributed by atoms with van der Waals surface area (Å²) in [4.78, 5) is 9.82. The van der Waals surface area contributed by atoms with Crippen LogP contribution in [0.1, 0.15) is 69.0 Å². The third-order valence-electron chi connectivity index (χ3n) is 4.99. The second-order valence-corrected chi connectivity index (χ2v) is 6.32. The standard InChI is InChI=1S/C17H27N3O/c1-3-18-15-13-9-8-10-14(13)19-16(20-15)17(21-2)11-6-4-5-7-12-17/h3-12H2,1-2H3,(H,18,19,20). The van der Waals surface area contributed by atoms with Crippen LogP contribution >= 0.6 is 0 Å². The third kappa shape index (κ3) is 2.78. The minimum absolute atomic E-state index is 0.266. The monoisotopic (exact) mass is 289 g/mol. The van der Waals surface area contributed by atoms with E-state index in [0.717, 1.165) is 43.9 Å². The molecule has 3 rings (SSSR count). The first kappa shape index (κ1) is 14.8. The van der Waals surface area contributed by atoms with Crippen LogP contribution in [-0.2, 0) is 23.2 Å². The van der Waals surface area contributed by atoms with Gasteiger partial charge in [-0.15, -0.1) is 0 Å². The van der Waals surface area contributed by atoms with Gasteiger partial charge in [0.25, 0.3) is 0 Å². The first-order valence-corrected chi connectivity index (χ1v) is 8.48. The van der Waals surface area contributed by atoms with E-state index in [9.17, 15) is 0 Å². The molecule has 2 aliphatic carbocycles. The molecule has 0 amide bonds. The first-order valence-electron chi connectivity index (χ1n) is 8.48. The molecule has 0 saturated heterocycles. The van der Waals surface area contributed by atoms with Gasteiger partial charge in [0.1, 0.15) is 11.4 Å². The molecule has 21 heavy (non-hydrogen) atoms. The Kier molecular flexibility index (Phi) is 4.43. The summed E-state index contributed by atoms with van der Waals surface area (Å²) in [5.74, 6) is 1.97. The van der Waals surface area contributed by atoms with Crippen molar-refractivity contribution in [2.45, 2.75) is 70.3 Å². The highest BCUT2D eigenvalue weighted by atomic mass is 16.5. The molecule has 1 aromatic heterocycles. The molecule has 1 saturated carbocycles. The largest absolute Gasteiger partial charge is 0.370 e. The van der Waals surface area contributed by atoms with Gasteiger partial charge in [-0.2, -0.15) is 0 Å². The lowest BCUT2D eigenvalue weighted by atomic mass is 9.92. The zero-order valence-corrected chi connectivity index (χ0v) is 13.4. The SMILES string of the molecule is CCNc1nc(C2(OC)CCCCCC2)nc2c1CCC2. The lowest BCUT2D eigenvalue weighted by Crippen LogP contribution is -2.31. The molecule has 1 fully saturated rings. The van der Waals surface area contributed by atoms with Crippen molar-refractivity contribution in [1.82, 2.24) is 9.97 Å². The van der Waals surface area contributed by atoms with Gasteiger partial charge in [0, 0.05) is 24.9 Å². The van der Waals surface area contributed by atoms with Crippen LogP contribution in [0.2, 0.25) is 0 Å². The van der Waals surface area contributed by atoms with Gasteiger partial charge in [-0.1, -0.05) is 25.7 Å². The van der Waals surface area contributed by atoms with Crippen molar-refractivity contribution in [3.05, 3.63) is 17.1 Å². The van der Waals surface area contributed by atoms with E-state index in [-0.39, 0.29) is 5.60 Å². The zero-order valence-electron chi connectivity index (χ0n) is 13.4. The Morgan fingerprint density at radius 1 is 1.05 bits per heavy atom. The molecule has 0 atom stereocenters. The van der Waals surface area contributed by atoms with E-state index in [1.54, 1.807) is 0 Å². The van der Waals surface area contributed by atoms with Crippen LogP contribution < -0.4 is 5.32 Å². The average molecular weight is 289 g/mol. The van der Waals surface area contributed by atoms with E-state index in [1.165, 1.54) is 43.4 Å². The Morgan fingerprint density at radius 3 is 2.48 bits per heavy atom. The van der Waals surface area contributed by atoms with Crippen molar-refractivity contribution >= 4 is 5.82 Å². The quantitative estimate of drug-likeness (QED) is 0.860. The van der Waals surface area contributed by atoms with Gasteiger partial charge in [0.15, 0.2) is 5.82 Å². The van der Waals surface area contributed by atoms with Crippen molar-refractivity contribution in [2.24, 2.45) is 0 Å². The number of nitrogens with zero attached hydrogens (tertiary/aromatic N) is 2. The van der Waals surface area contributed by atoms with Crippen LogP contribution in [0.15, 0.2) is 0 Å². The molecule has 1 N–H and O–H groups in total. The maximum Gasteiger partial charge on any atom is 0.162 e. The first-order chi connectivity index (χ1) is 10.3. The Labute approximate surface area is 127 Å². The highest BCUT2D eigenvalue weighted by molar-refractivity contribution is 5.49. The number of methoxy groups -OCH3 is 1. The van der Waals surface area contributed by atoms with Gasteiger partial charge in [-0.25, -0.2) is 9.97 Å². The maximum atomic E-state index is 5.98. The minimum atomic E-state index is -0.266. The van der Waals surface area contributed by atoms with E-state index < -0.39 is 0 Å². The van der Waals surface area contributed by atoms with E-state index in [1.807, 2.05) is 7.11 Å². The van der Waals surface area contributed by atoms with Gasteiger partial charge in [0.05, 0.1) is 0 Å². The van der Waals surface area contributed by atoms with Crippen LogP contribution in [-0.4, -0.2) is 23.6 Å². The fraction of sp³-hybridized carbons (Fsp3) is 0.765. The molecule has 2 aliphatic rings. The van der Waals surface area contributed by atoms with Crippen molar-refractivity contribution in [2.75, 3.05) is 19.0 Å². The molecule has 0 aromatic carbocycles. The number of ether oxygens (including phenoxy) is 1. The van der Waals surface area contributed by atoms with Crippen molar-refractivity contribution < 1.29 is 4.74 Å². The maximum absolute atomic E-state index is 5.98. The van der Waals surface area contributed by atoms with E-state index in [0.29, 0.717) is 0 Å². The fourth-order valence-corrected chi connectivity index (χ4v) is 3.77. The normalized spacial score (nSPS) is 20.9. The van der Waals surface area contributed by atoms with E-state index in [4.69, 9.17) is 14.7 Å². The number of fused-ring (bicyclic) bond motifs is 1. The lowest BCUT2D eigenvalue weighted by molar-refractivity contribution is -0.0352. The molecule has 0 bridgehead atoms. The van der Waals surface area contributed by atoms with Gasteiger partial charge in [0.2, 0.25) is 0 Å². The highest BCUT2D eigenvalue weighted by Gasteiger charge is 2.37. The number of nitrogens with one attached hydrogen (secondary N) is 1. The summed E-state index contributed by atoms with van der Waals surface area (Å²) in [5.41, 5.74) is 2.32. The predicted octanol–water partition coefficient (Wildman–Crippen LogP) is 3.59. The fourth-order valence-electron chi connectivity index (χ4n) is 3.77. The van der Waals surface area contributed by atoms with Gasteiger partial charge in [-0.3, -0.25) is 0 Å². The summed E-state index contributed by atoms with van der Waals surface area (Å²) >= 11 is 0. The molecule has 116 valence electrons. The predicted molar refractivity (Wildman–Crippen MR) is 84.6 cm³/mol. The van der Waals surface area contributed by atoms with E-state index in [2.05, 4.69) is 12.2 Å².